The quantitative estimate of drug-likeness (QED) is 0.859. The van der Waals surface area contributed by atoms with E-state index in [1.54, 1.807) is 38.3 Å². The van der Waals surface area contributed by atoms with Gasteiger partial charge in [0.15, 0.2) is 6.10 Å². The van der Waals surface area contributed by atoms with Crippen LogP contribution in [0.2, 0.25) is 0 Å². The van der Waals surface area contributed by atoms with Crippen molar-refractivity contribution in [1.29, 1.82) is 0 Å². The lowest BCUT2D eigenvalue weighted by molar-refractivity contribution is -0.128. The molecule has 27 heavy (non-hydrogen) atoms. The number of fused-ring (bicyclic) bond motifs is 1. The molecule has 0 saturated carbocycles. The molecule has 1 aliphatic heterocycles. The highest BCUT2D eigenvalue weighted by Crippen LogP contribution is 2.39. The minimum Gasteiger partial charge on any atom is -0.497 e. The topological polar surface area (TPSA) is 56.8 Å². The van der Waals surface area contributed by atoms with Gasteiger partial charge in [-0.15, -0.1) is 0 Å². The first-order valence-electron chi connectivity index (χ1n) is 9.18. The summed E-state index contributed by atoms with van der Waals surface area (Å²) in [7, 11) is 1.61. The maximum Gasteiger partial charge on any atom is 0.261 e. The second-order valence-electron chi connectivity index (χ2n) is 7.60. The van der Waals surface area contributed by atoms with E-state index in [0.29, 0.717) is 12.2 Å². The Kier molecular flexibility index (Phi) is 5.31. The Hall–Kier alpha value is -2.69. The van der Waals surface area contributed by atoms with Crippen molar-refractivity contribution < 1.29 is 19.0 Å². The summed E-state index contributed by atoms with van der Waals surface area (Å²) in [5.41, 5.74) is 1.80. The maximum atomic E-state index is 12.7. The third kappa shape index (κ3) is 4.54. The van der Waals surface area contributed by atoms with E-state index >= 15 is 0 Å². The lowest BCUT2D eigenvalue weighted by atomic mass is 9.89. The van der Waals surface area contributed by atoms with E-state index in [1.165, 1.54) is 0 Å². The Morgan fingerprint density at radius 2 is 1.85 bits per heavy atom. The average molecular weight is 369 g/mol. The summed E-state index contributed by atoms with van der Waals surface area (Å²) in [5.74, 6) is 2.05. The van der Waals surface area contributed by atoms with Crippen molar-refractivity contribution in [1.82, 2.24) is 5.32 Å². The fourth-order valence-corrected chi connectivity index (χ4v) is 3.30. The number of hydrogen-bond donors (Lipinski definition) is 1. The number of benzene rings is 2. The second-order valence-corrected chi connectivity index (χ2v) is 7.60. The molecule has 0 aliphatic carbocycles. The number of methoxy groups -OCH3 is 1. The molecule has 144 valence electrons. The first kappa shape index (κ1) is 19.1. The molecule has 1 N–H and O–H groups in total. The molecule has 0 fully saturated rings. The van der Waals surface area contributed by atoms with Crippen molar-refractivity contribution in [2.75, 3.05) is 7.11 Å². The van der Waals surface area contributed by atoms with Crippen molar-refractivity contribution in [3.63, 3.8) is 0 Å². The number of carbonyl (C=O) groups excluding carboxylic acids is 1. The molecule has 0 bridgehead atoms. The smallest absolute Gasteiger partial charge is 0.261 e. The van der Waals surface area contributed by atoms with Crippen LogP contribution in [-0.2, 0) is 4.79 Å². The van der Waals surface area contributed by atoms with Crippen LogP contribution < -0.4 is 19.5 Å². The minimum atomic E-state index is -0.613. The van der Waals surface area contributed by atoms with Crippen molar-refractivity contribution in [2.24, 2.45) is 0 Å². The van der Waals surface area contributed by atoms with Gasteiger partial charge in [0, 0.05) is 12.0 Å². The Bertz CT molecular complexity index is 814. The average Bonchev–Trinajstić information content (AvgIpc) is 2.62. The number of rotatable bonds is 5. The summed E-state index contributed by atoms with van der Waals surface area (Å²) in [4.78, 5) is 12.7. The van der Waals surface area contributed by atoms with Crippen LogP contribution in [0.4, 0.5) is 0 Å². The van der Waals surface area contributed by atoms with Gasteiger partial charge < -0.3 is 19.5 Å². The first-order chi connectivity index (χ1) is 12.8. The van der Waals surface area contributed by atoms with E-state index in [2.05, 4.69) is 11.4 Å². The van der Waals surface area contributed by atoms with E-state index in [4.69, 9.17) is 14.2 Å². The standard InChI is InChI=1S/C22H27NO4/c1-14-6-11-20-18(12-14)19(13-22(3,4)27-20)23-21(24)15(2)26-17-9-7-16(25-5)8-10-17/h6-12,15,19H,13H2,1-5H3,(H,23,24)/t15-,19+/m0/s1. The number of aryl methyl sites for hydroxylation is 1. The molecule has 0 radical (unpaired) electrons. The fourth-order valence-electron chi connectivity index (χ4n) is 3.30. The number of amides is 1. The lowest BCUT2D eigenvalue weighted by Gasteiger charge is -2.38. The number of nitrogens with one attached hydrogen (secondary N) is 1. The molecule has 0 saturated heterocycles. The zero-order valence-electron chi connectivity index (χ0n) is 16.5. The molecular weight excluding hydrogens is 342 g/mol. The van der Waals surface area contributed by atoms with Crippen molar-refractivity contribution >= 4 is 5.91 Å². The van der Waals surface area contributed by atoms with Crippen LogP contribution in [0, 0.1) is 6.92 Å². The molecule has 2 aromatic carbocycles. The van der Waals surface area contributed by atoms with Crippen LogP contribution >= 0.6 is 0 Å². The minimum absolute atomic E-state index is 0.113. The third-order valence-corrected chi connectivity index (χ3v) is 4.68. The van der Waals surface area contributed by atoms with Gasteiger partial charge in [-0.2, -0.15) is 0 Å². The van der Waals surface area contributed by atoms with Crippen LogP contribution in [0.1, 0.15) is 44.4 Å². The summed E-state index contributed by atoms with van der Waals surface area (Å²) in [6.07, 6.45) is 0.0855. The van der Waals surface area contributed by atoms with Crippen LogP contribution in [0.25, 0.3) is 0 Å². The van der Waals surface area contributed by atoms with Crippen LogP contribution in [0.3, 0.4) is 0 Å². The van der Waals surface area contributed by atoms with E-state index in [1.807, 2.05) is 32.9 Å². The molecule has 1 amide bonds. The van der Waals surface area contributed by atoms with Crippen LogP contribution in [-0.4, -0.2) is 24.7 Å². The summed E-state index contributed by atoms with van der Waals surface area (Å²) in [6.45, 7) is 7.86. The normalized spacial score (nSPS) is 18.6. The third-order valence-electron chi connectivity index (χ3n) is 4.68. The van der Waals surface area contributed by atoms with Gasteiger partial charge in [0.1, 0.15) is 22.8 Å². The molecule has 1 heterocycles. The molecule has 1 aliphatic rings. The highest BCUT2D eigenvalue weighted by Gasteiger charge is 2.35. The Labute approximate surface area is 160 Å². The van der Waals surface area contributed by atoms with Crippen LogP contribution in [0.15, 0.2) is 42.5 Å². The van der Waals surface area contributed by atoms with E-state index in [0.717, 1.165) is 22.6 Å². The van der Waals surface area contributed by atoms with Gasteiger partial charge in [-0.05, 0) is 58.0 Å². The van der Waals surface area contributed by atoms with Gasteiger partial charge in [-0.25, -0.2) is 0 Å². The number of ether oxygens (including phenoxy) is 3. The van der Waals surface area contributed by atoms with Gasteiger partial charge in [0.25, 0.3) is 5.91 Å². The summed E-state index contributed by atoms with van der Waals surface area (Å²) >= 11 is 0. The van der Waals surface area contributed by atoms with Crippen LogP contribution in [0.5, 0.6) is 17.2 Å². The van der Waals surface area contributed by atoms with Gasteiger partial charge in [-0.3, -0.25) is 4.79 Å². The van der Waals surface area contributed by atoms with E-state index < -0.39 is 6.10 Å². The summed E-state index contributed by atoms with van der Waals surface area (Å²) < 4.78 is 17.0. The maximum absolute atomic E-state index is 12.7. The van der Waals surface area contributed by atoms with Gasteiger partial charge >= 0.3 is 0 Å². The molecule has 5 nitrogen and oxygen atoms in total. The highest BCUT2D eigenvalue weighted by atomic mass is 16.5. The Balaban J connectivity index is 1.71. The fraction of sp³-hybridized carbons (Fsp3) is 0.409. The van der Waals surface area contributed by atoms with Crippen molar-refractivity contribution in [3.05, 3.63) is 53.6 Å². The lowest BCUT2D eigenvalue weighted by Crippen LogP contribution is -2.44. The first-order valence-corrected chi connectivity index (χ1v) is 9.18. The predicted octanol–water partition coefficient (Wildman–Crippen LogP) is 4.19. The van der Waals surface area contributed by atoms with Gasteiger partial charge in [0.2, 0.25) is 0 Å². The van der Waals surface area contributed by atoms with Crippen molar-refractivity contribution in [2.45, 2.75) is 51.9 Å². The molecule has 2 atom stereocenters. The Morgan fingerprint density at radius 1 is 1.19 bits per heavy atom. The SMILES string of the molecule is COc1ccc(O[C@@H](C)C(=O)N[C@@H]2CC(C)(C)Oc3ccc(C)cc32)cc1. The zero-order valence-corrected chi connectivity index (χ0v) is 16.5. The Morgan fingerprint density at radius 3 is 2.52 bits per heavy atom. The number of carbonyl (C=O) groups is 1. The van der Waals surface area contributed by atoms with E-state index in [-0.39, 0.29) is 17.6 Å². The van der Waals surface area contributed by atoms with Gasteiger partial charge in [0.05, 0.1) is 13.2 Å². The molecule has 5 heteroatoms. The molecule has 3 rings (SSSR count). The summed E-state index contributed by atoms with van der Waals surface area (Å²) in [5, 5.41) is 3.13. The number of hydrogen-bond acceptors (Lipinski definition) is 4. The van der Waals surface area contributed by atoms with Crippen molar-refractivity contribution in [3.8, 4) is 17.2 Å². The van der Waals surface area contributed by atoms with Gasteiger partial charge in [-0.1, -0.05) is 17.7 Å². The van der Waals surface area contributed by atoms with E-state index in [9.17, 15) is 4.79 Å². The second kappa shape index (κ2) is 7.51. The molecule has 0 unspecified atom stereocenters. The highest BCUT2D eigenvalue weighted by molar-refractivity contribution is 5.81. The zero-order chi connectivity index (χ0) is 19.6. The summed E-state index contributed by atoms with van der Waals surface area (Å²) in [6, 6.07) is 13.1. The molecular formula is C22H27NO4. The molecule has 0 spiro atoms. The molecule has 2 aromatic rings. The largest absolute Gasteiger partial charge is 0.497 e. The monoisotopic (exact) mass is 369 g/mol. The predicted molar refractivity (Wildman–Crippen MR) is 104 cm³/mol. The molecule has 0 aromatic heterocycles.